The van der Waals surface area contributed by atoms with Crippen LogP contribution in [0.25, 0.3) is 21.8 Å². The quantitative estimate of drug-likeness (QED) is 0.528. The number of nitrogens with one attached hydrogen (secondary N) is 1. The molecule has 7 nitrogen and oxygen atoms in total. The number of hydrogen-bond donors (Lipinski definition) is 1. The Kier molecular flexibility index (Phi) is 5.05. The number of benzene rings is 2. The average molecular weight is 418 g/mol. The van der Waals surface area contributed by atoms with Gasteiger partial charge in [-0.1, -0.05) is 24.3 Å². The third-order valence-electron chi connectivity index (χ3n) is 5.06. The Morgan fingerprint density at radius 1 is 1.13 bits per heavy atom. The van der Waals surface area contributed by atoms with Gasteiger partial charge in [0.2, 0.25) is 0 Å². The molecule has 7 heteroatoms. The van der Waals surface area contributed by atoms with Gasteiger partial charge in [0, 0.05) is 29.0 Å². The summed E-state index contributed by atoms with van der Waals surface area (Å²) in [5, 5.41) is 9.00. The molecule has 0 atom stereocenters. The Bertz CT molecular complexity index is 1360. The number of anilines is 1. The van der Waals surface area contributed by atoms with E-state index in [1.54, 1.807) is 12.3 Å². The molecule has 4 aromatic rings. The van der Waals surface area contributed by atoms with Crippen LogP contribution >= 0.6 is 0 Å². The Labute approximate surface area is 180 Å². The topological polar surface area (TPSA) is 78.2 Å². The van der Waals surface area contributed by atoms with E-state index in [4.69, 9.17) is 4.74 Å². The molecule has 0 saturated heterocycles. The number of amides is 1. The van der Waals surface area contributed by atoms with Crippen LogP contribution in [0.4, 0.5) is 10.5 Å². The summed E-state index contributed by atoms with van der Waals surface area (Å²) < 4.78 is 8.67. The molecule has 0 unspecified atom stereocenters. The van der Waals surface area contributed by atoms with Gasteiger partial charge in [0.05, 0.1) is 12.7 Å². The van der Waals surface area contributed by atoms with Gasteiger partial charge in [0.1, 0.15) is 11.1 Å². The maximum absolute atomic E-state index is 13.2. The summed E-state index contributed by atoms with van der Waals surface area (Å²) in [6.07, 6.45) is 1.23. The van der Waals surface area contributed by atoms with Crippen LogP contribution in [0.15, 0.2) is 53.5 Å². The predicted molar refractivity (Wildman–Crippen MR) is 123 cm³/mol. The van der Waals surface area contributed by atoms with Crippen LogP contribution in [0.1, 0.15) is 31.9 Å². The first-order valence-corrected chi connectivity index (χ1v) is 10.2. The molecule has 0 spiro atoms. The molecule has 2 heterocycles. The second-order valence-electron chi connectivity index (χ2n) is 8.78. The fourth-order valence-corrected chi connectivity index (χ4v) is 3.72. The fourth-order valence-electron chi connectivity index (χ4n) is 3.72. The molecule has 4 rings (SSSR count). The fraction of sp³-hybridized carbons (Fsp3) is 0.292. The second kappa shape index (κ2) is 7.58. The Hall–Kier alpha value is -3.61. The monoisotopic (exact) mass is 418 g/mol. The van der Waals surface area contributed by atoms with Crippen LogP contribution in [0.2, 0.25) is 0 Å². The van der Waals surface area contributed by atoms with E-state index in [0.29, 0.717) is 17.7 Å². The summed E-state index contributed by atoms with van der Waals surface area (Å²) >= 11 is 0. The number of rotatable bonds is 3. The van der Waals surface area contributed by atoms with Crippen LogP contribution in [0, 0.1) is 6.92 Å². The van der Waals surface area contributed by atoms with E-state index in [9.17, 15) is 9.59 Å². The van der Waals surface area contributed by atoms with Gasteiger partial charge in [0.15, 0.2) is 0 Å². The van der Waals surface area contributed by atoms with Gasteiger partial charge < -0.3 is 9.30 Å². The molecule has 2 aromatic carbocycles. The van der Waals surface area contributed by atoms with E-state index >= 15 is 0 Å². The lowest BCUT2D eigenvalue weighted by Gasteiger charge is -2.19. The number of aromatic nitrogens is 3. The molecule has 0 aliphatic carbocycles. The molecule has 0 radical (unpaired) electrons. The standard InChI is InChI=1S/C24H26N4O3/c1-15-9-10-18-19-13-25-28(22(29)21(19)27(5)20(18)11-15)14-16-7-6-8-17(12-16)26-23(30)31-24(2,3)4/h6-13H,14H2,1-5H3,(H,26,30). The normalized spacial score (nSPS) is 11.8. The van der Waals surface area contributed by atoms with E-state index in [1.165, 1.54) is 4.68 Å². The zero-order chi connectivity index (χ0) is 22.3. The van der Waals surface area contributed by atoms with Crippen LogP contribution in [-0.2, 0) is 18.3 Å². The summed E-state index contributed by atoms with van der Waals surface area (Å²) in [6, 6.07) is 13.5. The van der Waals surface area contributed by atoms with E-state index in [2.05, 4.69) is 16.5 Å². The molecule has 0 bridgehead atoms. The van der Waals surface area contributed by atoms with Crippen LogP contribution in [0.5, 0.6) is 0 Å². The summed E-state index contributed by atoms with van der Waals surface area (Å²) in [7, 11) is 1.90. The number of nitrogens with zero attached hydrogens (tertiary/aromatic N) is 3. The van der Waals surface area contributed by atoms with Crippen molar-refractivity contribution in [2.75, 3.05) is 5.32 Å². The number of ether oxygens (including phenoxy) is 1. The van der Waals surface area contributed by atoms with Gasteiger partial charge in [-0.25, -0.2) is 9.48 Å². The summed E-state index contributed by atoms with van der Waals surface area (Å²) in [6.45, 7) is 7.76. The smallest absolute Gasteiger partial charge is 0.412 e. The molecule has 0 aliphatic rings. The van der Waals surface area contributed by atoms with Crippen LogP contribution < -0.4 is 10.9 Å². The third kappa shape index (κ3) is 4.17. The average Bonchev–Trinajstić information content (AvgIpc) is 2.95. The number of fused-ring (bicyclic) bond motifs is 3. The van der Waals surface area contributed by atoms with Gasteiger partial charge in [0.25, 0.3) is 5.56 Å². The summed E-state index contributed by atoms with van der Waals surface area (Å²) in [5.74, 6) is 0. The third-order valence-corrected chi connectivity index (χ3v) is 5.06. The largest absolute Gasteiger partial charge is 0.444 e. The molecule has 0 aliphatic heterocycles. The number of carbonyl (C=O) groups is 1. The lowest BCUT2D eigenvalue weighted by atomic mass is 10.1. The van der Waals surface area contributed by atoms with Crippen molar-refractivity contribution in [1.82, 2.24) is 14.3 Å². The first kappa shape index (κ1) is 20.7. The maximum atomic E-state index is 13.2. The van der Waals surface area contributed by atoms with E-state index < -0.39 is 11.7 Å². The highest BCUT2D eigenvalue weighted by Crippen LogP contribution is 2.26. The minimum atomic E-state index is -0.578. The molecule has 0 saturated carbocycles. The zero-order valence-electron chi connectivity index (χ0n) is 18.4. The molecule has 2 aromatic heterocycles. The minimum Gasteiger partial charge on any atom is -0.444 e. The first-order valence-electron chi connectivity index (χ1n) is 10.2. The molecule has 31 heavy (non-hydrogen) atoms. The highest BCUT2D eigenvalue weighted by molar-refractivity contribution is 6.07. The predicted octanol–water partition coefficient (Wildman–Crippen LogP) is 4.59. The second-order valence-corrected chi connectivity index (χ2v) is 8.78. The van der Waals surface area contributed by atoms with Crippen LogP contribution in [-0.4, -0.2) is 26.0 Å². The van der Waals surface area contributed by atoms with Gasteiger partial charge in [-0.3, -0.25) is 10.1 Å². The van der Waals surface area contributed by atoms with Crippen molar-refractivity contribution < 1.29 is 9.53 Å². The lowest BCUT2D eigenvalue weighted by Crippen LogP contribution is -2.27. The van der Waals surface area contributed by atoms with Crippen molar-refractivity contribution in [3.63, 3.8) is 0 Å². The zero-order valence-corrected chi connectivity index (χ0v) is 18.4. The van der Waals surface area contributed by atoms with Gasteiger partial charge in [-0.15, -0.1) is 0 Å². The molecule has 0 fully saturated rings. The highest BCUT2D eigenvalue weighted by atomic mass is 16.6. The van der Waals surface area contributed by atoms with Crippen molar-refractivity contribution >= 4 is 33.6 Å². The van der Waals surface area contributed by atoms with Gasteiger partial charge >= 0.3 is 6.09 Å². The van der Waals surface area contributed by atoms with Gasteiger partial charge in [-0.05, 0) is 57.0 Å². The van der Waals surface area contributed by atoms with E-state index in [-0.39, 0.29) is 5.56 Å². The minimum absolute atomic E-state index is 0.153. The molecule has 1 amide bonds. The Balaban J connectivity index is 1.66. The van der Waals surface area contributed by atoms with Crippen molar-refractivity contribution in [1.29, 1.82) is 0 Å². The van der Waals surface area contributed by atoms with Crippen molar-refractivity contribution in [2.45, 2.75) is 39.8 Å². The summed E-state index contributed by atoms with van der Waals surface area (Å²) in [4.78, 5) is 25.3. The lowest BCUT2D eigenvalue weighted by molar-refractivity contribution is 0.0636. The Morgan fingerprint density at radius 2 is 1.90 bits per heavy atom. The van der Waals surface area contributed by atoms with E-state index in [0.717, 1.165) is 27.4 Å². The Morgan fingerprint density at radius 3 is 2.65 bits per heavy atom. The molecule has 1 N–H and O–H groups in total. The van der Waals surface area contributed by atoms with Gasteiger partial charge in [-0.2, -0.15) is 5.10 Å². The molecule has 160 valence electrons. The maximum Gasteiger partial charge on any atom is 0.412 e. The number of hydrogen-bond acceptors (Lipinski definition) is 4. The first-order chi connectivity index (χ1) is 14.6. The summed E-state index contributed by atoms with van der Waals surface area (Å²) in [5.41, 5.74) is 3.48. The van der Waals surface area contributed by atoms with E-state index in [1.807, 2.05) is 69.6 Å². The highest BCUT2D eigenvalue weighted by Gasteiger charge is 2.17. The SMILES string of the molecule is Cc1ccc2c3cnn(Cc4cccc(NC(=O)OC(C)(C)C)c4)c(=O)c3n(C)c2c1. The number of aryl methyl sites for hydroxylation is 2. The van der Waals surface area contributed by atoms with Crippen molar-refractivity contribution in [2.24, 2.45) is 7.05 Å². The number of carbonyl (C=O) groups excluding carboxylic acids is 1. The van der Waals surface area contributed by atoms with Crippen LogP contribution in [0.3, 0.4) is 0 Å². The molecular weight excluding hydrogens is 392 g/mol. The van der Waals surface area contributed by atoms with Crippen molar-refractivity contribution in [3.8, 4) is 0 Å². The molecular formula is C24H26N4O3. The van der Waals surface area contributed by atoms with Crippen molar-refractivity contribution in [3.05, 3.63) is 70.1 Å².